The van der Waals surface area contributed by atoms with Crippen LogP contribution in [0.25, 0.3) is 0 Å². The maximum absolute atomic E-state index is 11.4. The minimum Gasteiger partial charge on any atom is -0.491 e. The van der Waals surface area contributed by atoms with E-state index in [1.165, 1.54) is 0 Å². The maximum atomic E-state index is 11.4. The molecule has 0 heterocycles. The van der Waals surface area contributed by atoms with Crippen molar-refractivity contribution in [2.45, 2.75) is 6.42 Å². The van der Waals surface area contributed by atoms with Crippen LogP contribution < -0.4 is 21.1 Å². The highest BCUT2D eigenvalue weighted by atomic mass is 16.5. The fraction of sp³-hybridized carbons (Fsp3) is 0.333. The van der Waals surface area contributed by atoms with E-state index in [-0.39, 0.29) is 25.5 Å². The van der Waals surface area contributed by atoms with E-state index >= 15 is 0 Å². The van der Waals surface area contributed by atoms with Crippen LogP contribution in [0.5, 0.6) is 5.75 Å². The number of benzene rings is 1. The molecule has 1 rings (SSSR count). The zero-order valence-corrected chi connectivity index (χ0v) is 10.2. The molecule has 6 heteroatoms. The van der Waals surface area contributed by atoms with Gasteiger partial charge in [-0.05, 0) is 19.2 Å². The summed E-state index contributed by atoms with van der Waals surface area (Å²) in [5.41, 5.74) is 5.59. The molecule has 0 aromatic heterocycles. The number of carbonyl (C=O) groups excluding carboxylic acids is 2. The first-order valence-electron chi connectivity index (χ1n) is 5.58. The van der Waals surface area contributed by atoms with Gasteiger partial charge in [-0.15, -0.1) is 0 Å². The molecule has 0 saturated carbocycles. The monoisotopic (exact) mass is 251 g/mol. The van der Waals surface area contributed by atoms with Crippen molar-refractivity contribution in [2.75, 3.05) is 25.5 Å². The van der Waals surface area contributed by atoms with Crippen molar-refractivity contribution in [2.24, 2.45) is 5.73 Å². The topological polar surface area (TPSA) is 93.4 Å². The second-order valence-electron chi connectivity index (χ2n) is 3.64. The van der Waals surface area contributed by atoms with Crippen molar-refractivity contribution >= 4 is 17.5 Å². The fourth-order valence-electron chi connectivity index (χ4n) is 1.31. The number of rotatable bonds is 7. The van der Waals surface area contributed by atoms with Crippen molar-refractivity contribution in [1.82, 2.24) is 5.32 Å². The van der Waals surface area contributed by atoms with Crippen LogP contribution in [-0.4, -0.2) is 32.0 Å². The van der Waals surface area contributed by atoms with E-state index in [1.54, 1.807) is 31.3 Å². The molecule has 0 aliphatic rings. The van der Waals surface area contributed by atoms with Crippen LogP contribution >= 0.6 is 0 Å². The molecule has 4 N–H and O–H groups in total. The Labute approximate surface area is 105 Å². The molecule has 0 radical (unpaired) electrons. The van der Waals surface area contributed by atoms with Crippen LogP contribution in [0, 0.1) is 0 Å². The summed E-state index contributed by atoms with van der Waals surface area (Å²) in [6.07, 6.45) is 0.138. The number of amides is 2. The molecule has 6 nitrogen and oxygen atoms in total. The lowest BCUT2D eigenvalue weighted by molar-refractivity contribution is -0.118. The summed E-state index contributed by atoms with van der Waals surface area (Å²) in [6, 6.07) is 7.02. The van der Waals surface area contributed by atoms with E-state index in [9.17, 15) is 9.59 Å². The molecule has 0 bridgehead atoms. The van der Waals surface area contributed by atoms with Crippen molar-refractivity contribution in [3.63, 3.8) is 0 Å². The molecular formula is C12H17N3O3. The molecule has 0 fully saturated rings. The highest BCUT2D eigenvalue weighted by Gasteiger charge is 2.06. The van der Waals surface area contributed by atoms with Crippen molar-refractivity contribution in [1.29, 1.82) is 0 Å². The van der Waals surface area contributed by atoms with Gasteiger partial charge in [0, 0.05) is 0 Å². The Hall–Kier alpha value is -2.08. The number of likely N-dealkylation sites (N-methyl/N-ethyl adjacent to an activating group) is 1. The normalized spacial score (nSPS) is 9.83. The van der Waals surface area contributed by atoms with Crippen molar-refractivity contribution in [3.05, 3.63) is 24.3 Å². The molecule has 98 valence electrons. The first-order chi connectivity index (χ1) is 8.63. The minimum absolute atomic E-state index is 0.138. The fourth-order valence-corrected chi connectivity index (χ4v) is 1.31. The lowest BCUT2D eigenvalue weighted by Gasteiger charge is -2.11. The van der Waals surface area contributed by atoms with Gasteiger partial charge in [-0.2, -0.15) is 0 Å². The lowest BCUT2D eigenvalue weighted by Crippen LogP contribution is -2.25. The lowest BCUT2D eigenvalue weighted by atomic mass is 10.3. The summed E-state index contributed by atoms with van der Waals surface area (Å²) in [5, 5.41) is 5.46. The predicted molar refractivity (Wildman–Crippen MR) is 68.3 cm³/mol. The van der Waals surface area contributed by atoms with Crippen LogP contribution in [0.1, 0.15) is 6.42 Å². The number of anilines is 1. The summed E-state index contributed by atoms with van der Waals surface area (Å²) in [6.45, 7) is 0.407. The van der Waals surface area contributed by atoms with Crippen molar-refractivity contribution < 1.29 is 14.3 Å². The van der Waals surface area contributed by atoms with Gasteiger partial charge in [0.25, 0.3) is 0 Å². The third kappa shape index (κ3) is 4.84. The predicted octanol–water partition coefficient (Wildman–Crippen LogP) is 0.0987. The minimum atomic E-state index is -0.424. The number of hydrogen-bond acceptors (Lipinski definition) is 4. The van der Waals surface area contributed by atoms with E-state index < -0.39 is 5.91 Å². The van der Waals surface area contributed by atoms with E-state index in [2.05, 4.69) is 10.6 Å². The SMILES string of the molecule is CNCC(=O)Nc1ccccc1OCCC(N)=O. The number of nitrogens with one attached hydrogen (secondary N) is 2. The van der Waals surface area contributed by atoms with Crippen LogP contribution in [0.2, 0.25) is 0 Å². The summed E-state index contributed by atoms with van der Waals surface area (Å²) in [5.74, 6) is -0.0710. The Morgan fingerprint density at radius 1 is 1.33 bits per heavy atom. The van der Waals surface area contributed by atoms with Gasteiger partial charge in [-0.3, -0.25) is 9.59 Å². The summed E-state index contributed by atoms with van der Waals surface area (Å²) < 4.78 is 5.39. The number of carbonyl (C=O) groups is 2. The number of para-hydroxylation sites is 2. The maximum Gasteiger partial charge on any atom is 0.238 e. The van der Waals surface area contributed by atoms with Gasteiger partial charge < -0.3 is 21.1 Å². The highest BCUT2D eigenvalue weighted by Crippen LogP contribution is 2.23. The average molecular weight is 251 g/mol. The highest BCUT2D eigenvalue weighted by molar-refractivity contribution is 5.93. The van der Waals surface area contributed by atoms with E-state index in [0.29, 0.717) is 11.4 Å². The Kier molecular flexibility index (Phi) is 5.66. The quantitative estimate of drug-likeness (QED) is 0.640. The molecule has 1 aromatic rings. The molecule has 0 unspecified atom stereocenters. The van der Waals surface area contributed by atoms with Crippen molar-refractivity contribution in [3.8, 4) is 5.75 Å². The van der Waals surface area contributed by atoms with Crippen LogP contribution in [-0.2, 0) is 9.59 Å². The van der Waals surface area contributed by atoms with Gasteiger partial charge in [0.1, 0.15) is 5.75 Å². The standard InChI is InChI=1S/C12H17N3O3/c1-14-8-12(17)15-9-4-2-3-5-10(9)18-7-6-11(13)16/h2-5,14H,6-8H2,1H3,(H2,13,16)(H,15,17). The number of nitrogens with two attached hydrogens (primary N) is 1. The molecule has 0 saturated heterocycles. The van der Waals surface area contributed by atoms with Gasteiger partial charge in [-0.1, -0.05) is 12.1 Å². The number of hydrogen-bond donors (Lipinski definition) is 3. The van der Waals surface area contributed by atoms with Crippen LogP contribution in [0.3, 0.4) is 0 Å². The summed E-state index contributed by atoms with van der Waals surface area (Å²) in [4.78, 5) is 22.0. The van der Waals surface area contributed by atoms with Gasteiger partial charge >= 0.3 is 0 Å². The van der Waals surface area contributed by atoms with Gasteiger partial charge in [-0.25, -0.2) is 0 Å². The van der Waals surface area contributed by atoms with Crippen LogP contribution in [0.15, 0.2) is 24.3 Å². The van der Waals surface area contributed by atoms with E-state index in [0.717, 1.165) is 0 Å². The van der Waals surface area contributed by atoms with Gasteiger partial charge in [0.15, 0.2) is 0 Å². The molecule has 0 aliphatic carbocycles. The molecule has 0 spiro atoms. The largest absolute Gasteiger partial charge is 0.491 e. The molecule has 18 heavy (non-hydrogen) atoms. The summed E-state index contributed by atoms with van der Waals surface area (Å²) in [7, 11) is 1.69. The molecule has 0 atom stereocenters. The summed E-state index contributed by atoms with van der Waals surface area (Å²) >= 11 is 0. The molecule has 0 aliphatic heterocycles. The molecular weight excluding hydrogens is 234 g/mol. The third-order valence-corrected chi connectivity index (χ3v) is 2.10. The Balaban J connectivity index is 2.61. The van der Waals surface area contributed by atoms with Crippen LogP contribution in [0.4, 0.5) is 5.69 Å². The zero-order valence-electron chi connectivity index (χ0n) is 10.2. The number of primary amides is 1. The van der Waals surface area contributed by atoms with E-state index in [4.69, 9.17) is 10.5 Å². The first kappa shape index (κ1) is 14.0. The second kappa shape index (κ2) is 7.29. The first-order valence-corrected chi connectivity index (χ1v) is 5.58. The molecule has 1 aromatic carbocycles. The number of ether oxygens (including phenoxy) is 1. The Morgan fingerprint density at radius 3 is 2.72 bits per heavy atom. The Morgan fingerprint density at radius 2 is 2.06 bits per heavy atom. The Bertz CT molecular complexity index is 421. The second-order valence-corrected chi connectivity index (χ2v) is 3.64. The van der Waals surface area contributed by atoms with Gasteiger partial charge in [0.2, 0.25) is 11.8 Å². The molecule has 2 amide bonds. The zero-order chi connectivity index (χ0) is 13.4. The third-order valence-electron chi connectivity index (χ3n) is 2.10. The average Bonchev–Trinajstić information content (AvgIpc) is 2.31. The van der Waals surface area contributed by atoms with Gasteiger partial charge in [0.05, 0.1) is 25.3 Å². The smallest absolute Gasteiger partial charge is 0.238 e. The van der Waals surface area contributed by atoms with E-state index in [1.807, 2.05) is 0 Å².